The van der Waals surface area contributed by atoms with E-state index in [1.165, 1.54) is 48.9 Å². The molecule has 2 aromatic rings. The van der Waals surface area contributed by atoms with Gasteiger partial charge in [0, 0.05) is 17.3 Å². The molecule has 1 aliphatic heterocycles. The molecule has 3 aliphatic carbocycles. The number of nitrogens with one attached hydrogen (secondary N) is 2. The molecule has 0 radical (unpaired) electrons. The van der Waals surface area contributed by atoms with Crippen molar-refractivity contribution >= 4 is 11.6 Å². The van der Waals surface area contributed by atoms with Crippen molar-refractivity contribution in [3.05, 3.63) is 65.2 Å². The Morgan fingerprint density at radius 3 is 2.55 bits per heavy atom. The molecule has 0 saturated heterocycles. The largest absolute Gasteiger partial charge is 0.378 e. The standard InChI is InChI=1S/C26H30N2O/c29-26(27-20-8-4-5-9-20)19-12-13-22-21(15-19)23-17-10-11-18(14-17)24(23)25(28-22)16-6-2-1-3-7-16/h1-3,6-7,12-13,15,17-18,20,23-25,28H,4-5,8-11,14H2,(H,27,29)/t17-,18-,23-,24+,25+/m0/s1. The second-order valence-electron chi connectivity index (χ2n) is 9.73. The lowest BCUT2D eigenvalue weighted by molar-refractivity contribution is 0.0937. The van der Waals surface area contributed by atoms with Crippen molar-refractivity contribution in [2.75, 3.05) is 5.32 Å². The maximum atomic E-state index is 12.9. The van der Waals surface area contributed by atoms with Crippen LogP contribution in [0.1, 0.15) is 78.4 Å². The van der Waals surface area contributed by atoms with Crippen molar-refractivity contribution in [1.82, 2.24) is 5.32 Å². The zero-order valence-electron chi connectivity index (χ0n) is 16.9. The smallest absolute Gasteiger partial charge is 0.251 e. The molecule has 3 nitrogen and oxygen atoms in total. The second kappa shape index (κ2) is 6.90. The van der Waals surface area contributed by atoms with Gasteiger partial charge >= 0.3 is 0 Å². The fraction of sp³-hybridized carbons (Fsp3) is 0.500. The average molecular weight is 387 g/mol. The van der Waals surface area contributed by atoms with Crippen molar-refractivity contribution in [3.8, 4) is 0 Å². The SMILES string of the molecule is O=C(NC1CCCC1)c1ccc2c(c1)[C@@H]1[C@H]3CC[C@@H](C3)[C@H]1[C@@H](c1ccccc1)N2. The molecular weight excluding hydrogens is 356 g/mol. The van der Waals surface area contributed by atoms with Gasteiger partial charge in [-0.3, -0.25) is 4.79 Å². The van der Waals surface area contributed by atoms with Crippen LogP contribution in [-0.4, -0.2) is 11.9 Å². The molecule has 1 heterocycles. The van der Waals surface area contributed by atoms with Gasteiger partial charge in [0.2, 0.25) is 0 Å². The summed E-state index contributed by atoms with van der Waals surface area (Å²) in [6, 6.07) is 18.1. The number of fused-ring (bicyclic) bond motifs is 7. The molecule has 29 heavy (non-hydrogen) atoms. The summed E-state index contributed by atoms with van der Waals surface area (Å²) in [6.07, 6.45) is 8.83. The molecule has 6 rings (SSSR count). The molecule has 3 fully saturated rings. The first-order chi connectivity index (χ1) is 14.3. The molecule has 3 heteroatoms. The van der Waals surface area contributed by atoms with Crippen LogP contribution in [0, 0.1) is 17.8 Å². The minimum atomic E-state index is 0.115. The van der Waals surface area contributed by atoms with Crippen LogP contribution in [0.5, 0.6) is 0 Å². The van der Waals surface area contributed by atoms with Gasteiger partial charge in [0.05, 0.1) is 6.04 Å². The summed E-state index contributed by atoms with van der Waals surface area (Å²) in [6.45, 7) is 0. The highest BCUT2D eigenvalue weighted by Gasteiger charge is 2.53. The van der Waals surface area contributed by atoms with E-state index in [1.54, 1.807) is 0 Å². The van der Waals surface area contributed by atoms with E-state index in [2.05, 4.69) is 53.1 Å². The highest BCUT2D eigenvalue weighted by molar-refractivity contribution is 5.95. The third kappa shape index (κ3) is 2.89. The first-order valence-electron chi connectivity index (χ1n) is 11.5. The Hall–Kier alpha value is -2.29. The van der Waals surface area contributed by atoms with Crippen LogP contribution >= 0.6 is 0 Å². The molecule has 2 N–H and O–H groups in total. The molecule has 4 aliphatic rings. The third-order valence-corrected chi connectivity index (χ3v) is 8.20. The van der Waals surface area contributed by atoms with E-state index in [-0.39, 0.29) is 5.91 Å². The van der Waals surface area contributed by atoms with Crippen LogP contribution in [0.15, 0.2) is 48.5 Å². The van der Waals surface area contributed by atoms with Crippen molar-refractivity contribution < 1.29 is 4.79 Å². The molecule has 0 aromatic heterocycles. The fourth-order valence-corrected chi connectivity index (χ4v) is 6.96. The van der Waals surface area contributed by atoms with Crippen molar-refractivity contribution in [1.29, 1.82) is 0 Å². The molecule has 0 spiro atoms. The number of carbonyl (C=O) groups is 1. The summed E-state index contributed by atoms with van der Waals surface area (Å²) in [5, 5.41) is 7.15. The Bertz CT molecular complexity index is 918. The Labute approximate surface area is 173 Å². The number of carbonyl (C=O) groups excluding carboxylic acids is 1. The number of amides is 1. The minimum Gasteiger partial charge on any atom is -0.378 e. The van der Waals surface area contributed by atoms with E-state index in [0.29, 0.717) is 23.9 Å². The zero-order valence-corrected chi connectivity index (χ0v) is 16.9. The molecule has 5 atom stereocenters. The Balaban J connectivity index is 1.35. The van der Waals surface area contributed by atoms with Gasteiger partial charge in [-0.15, -0.1) is 0 Å². The third-order valence-electron chi connectivity index (χ3n) is 8.20. The molecular formula is C26H30N2O. The van der Waals surface area contributed by atoms with Gasteiger partial charge < -0.3 is 10.6 Å². The van der Waals surface area contributed by atoms with E-state index >= 15 is 0 Å². The summed E-state index contributed by atoms with van der Waals surface area (Å²) >= 11 is 0. The highest BCUT2D eigenvalue weighted by atomic mass is 16.1. The first-order valence-corrected chi connectivity index (χ1v) is 11.5. The monoisotopic (exact) mass is 386 g/mol. The van der Waals surface area contributed by atoms with Gasteiger partial charge in [0.25, 0.3) is 5.91 Å². The van der Waals surface area contributed by atoms with Crippen LogP contribution in [-0.2, 0) is 0 Å². The topological polar surface area (TPSA) is 41.1 Å². The van der Waals surface area contributed by atoms with Crippen LogP contribution in [0.2, 0.25) is 0 Å². The number of hydrogen-bond acceptors (Lipinski definition) is 2. The number of rotatable bonds is 3. The normalized spacial score (nSPS) is 32.5. The van der Waals surface area contributed by atoms with Gasteiger partial charge in [-0.2, -0.15) is 0 Å². The quantitative estimate of drug-likeness (QED) is 0.715. The molecule has 1 amide bonds. The zero-order chi connectivity index (χ0) is 19.4. The number of hydrogen-bond donors (Lipinski definition) is 2. The van der Waals surface area contributed by atoms with E-state index in [9.17, 15) is 4.79 Å². The number of benzene rings is 2. The Morgan fingerprint density at radius 1 is 0.931 bits per heavy atom. The molecule has 2 aromatic carbocycles. The first kappa shape index (κ1) is 17.6. The summed E-state index contributed by atoms with van der Waals surface area (Å²) in [5.74, 6) is 2.95. The van der Waals surface area contributed by atoms with Gasteiger partial charge in [-0.1, -0.05) is 43.2 Å². The predicted octanol–water partition coefficient (Wildman–Crippen LogP) is 5.66. The maximum absolute atomic E-state index is 12.9. The highest BCUT2D eigenvalue weighted by Crippen LogP contribution is 2.63. The summed E-state index contributed by atoms with van der Waals surface area (Å²) in [4.78, 5) is 12.9. The Morgan fingerprint density at radius 2 is 1.72 bits per heavy atom. The van der Waals surface area contributed by atoms with Crippen LogP contribution in [0.25, 0.3) is 0 Å². The van der Waals surface area contributed by atoms with Crippen molar-refractivity contribution in [2.45, 2.75) is 62.9 Å². The molecule has 150 valence electrons. The lowest BCUT2D eigenvalue weighted by atomic mass is 9.68. The Kier molecular flexibility index (Phi) is 4.18. The minimum absolute atomic E-state index is 0.115. The van der Waals surface area contributed by atoms with Crippen LogP contribution in [0.4, 0.5) is 5.69 Å². The number of anilines is 1. The predicted molar refractivity (Wildman–Crippen MR) is 116 cm³/mol. The van der Waals surface area contributed by atoms with E-state index in [0.717, 1.165) is 30.2 Å². The van der Waals surface area contributed by atoms with Crippen molar-refractivity contribution in [3.63, 3.8) is 0 Å². The lowest BCUT2D eigenvalue weighted by Crippen LogP contribution is -2.36. The van der Waals surface area contributed by atoms with E-state index in [4.69, 9.17) is 0 Å². The maximum Gasteiger partial charge on any atom is 0.251 e. The molecule has 0 unspecified atom stereocenters. The summed E-state index contributed by atoms with van der Waals surface area (Å²) in [7, 11) is 0. The van der Waals surface area contributed by atoms with Gasteiger partial charge in [0.1, 0.15) is 0 Å². The second-order valence-corrected chi connectivity index (χ2v) is 9.73. The van der Waals surface area contributed by atoms with E-state index in [1.807, 2.05) is 6.07 Å². The fourth-order valence-electron chi connectivity index (χ4n) is 6.96. The molecule has 2 bridgehead atoms. The van der Waals surface area contributed by atoms with Gasteiger partial charge in [0.15, 0.2) is 0 Å². The average Bonchev–Trinajstić information content (AvgIpc) is 3.51. The summed E-state index contributed by atoms with van der Waals surface area (Å²) in [5.41, 5.74) is 4.89. The van der Waals surface area contributed by atoms with Crippen LogP contribution in [0.3, 0.4) is 0 Å². The lowest BCUT2D eigenvalue weighted by Gasteiger charge is -2.43. The van der Waals surface area contributed by atoms with E-state index < -0.39 is 0 Å². The summed E-state index contributed by atoms with van der Waals surface area (Å²) < 4.78 is 0. The van der Waals surface area contributed by atoms with Crippen molar-refractivity contribution in [2.24, 2.45) is 17.8 Å². The molecule has 3 saturated carbocycles. The van der Waals surface area contributed by atoms with Gasteiger partial charge in [-0.25, -0.2) is 0 Å². The van der Waals surface area contributed by atoms with Crippen LogP contribution < -0.4 is 10.6 Å². The van der Waals surface area contributed by atoms with Gasteiger partial charge in [-0.05, 0) is 85.1 Å².